The molecule has 0 aliphatic heterocycles. The van der Waals surface area contributed by atoms with Gasteiger partial charge >= 0.3 is 5.97 Å². The second kappa shape index (κ2) is 4.65. The molecule has 0 aromatic carbocycles. The molecule has 1 heterocycles. The molecule has 0 atom stereocenters. The van der Waals surface area contributed by atoms with Crippen molar-refractivity contribution in [3.05, 3.63) is 21.9 Å². The van der Waals surface area contributed by atoms with E-state index < -0.39 is 5.97 Å². The number of hydrogen-bond donors (Lipinski definition) is 2. The van der Waals surface area contributed by atoms with Gasteiger partial charge in [-0.1, -0.05) is 11.8 Å². The minimum atomic E-state index is -0.937. The Kier molecular flexibility index (Phi) is 3.50. The third-order valence-electron chi connectivity index (χ3n) is 1.35. The lowest BCUT2D eigenvalue weighted by molar-refractivity contribution is -0.135. The molecule has 4 heteroatoms. The summed E-state index contributed by atoms with van der Waals surface area (Å²) in [4.78, 5) is 10.9. The lowest BCUT2D eigenvalue weighted by Crippen LogP contribution is -1.90. The smallest absolute Gasteiger partial charge is 0.315 e. The van der Waals surface area contributed by atoms with Gasteiger partial charge in [0.2, 0.25) is 0 Å². The summed E-state index contributed by atoms with van der Waals surface area (Å²) in [5.41, 5.74) is 0.716. The predicted molar refractivity (Wildman–Crippen MR) is 49.4 cm³/mol. The van der Waals surface area contributed by atoms with Gasteiger partial charge in [0.15, 0.2) is 0 Å². The number of thiophene rings is 1. The SMILES string of the molecule is O=C(O)CC#Cc1ccsc1CO. The van der Waals surface area contributed by atoms with E-state index in [2.05, 4.69) is 11.8 Å². The maximum Gasteiger partial charge on any atom is 0.315 e. The molecule has 2 N–H and O–H groups in total. The Labute approximate surface area is 79.6 Å². The highest BCUT2D eigenvalue weighted by molar-refractivity contribution is 7.10. The van der Waals surface area contributed by atoms with E-state index in [1.165, 1.54) is 11.3 Å². The summed E-state index contributed by atoms with van der Waals surface area (Å²) in [6, 6.07) is 1.77. The molecular formula is C9H8O3S. The van der Waals surface area contributed by atoms with Gasteiger partial charge < -0.3 is 10.2 Å². The fourth-order valence-electron chi connectivity index (χ4n) is 0.789. The molecule has 0 saturated carbocycles. The van der Waals surface area contributed by atoms with E-state index in [4.69, 9.17) is 10.2 Å². The zero-order valence-corrected chi connectivity index (χ0v) is 7.60. The van der Waals surface area contributed by atoms with Crippen LogP contribution in [0.1, 0.15) is 16.9 Å². The summed E-state index contributed by atoms with van der Waals surface area (Å²) in [6.45, 7) is -0.0469. The highest BCUT2D eigenvalue weighted by atomic mass is 32.1. The van der Waals surface area contributed by atoms with Crippen LogP contribution in [-0.4, -0.2) is 16.2 Å². The van der Waals surface area contributed by atoms with Crippen molar-refractivity contribution in [2.75, 3.05) is 0 Å². The topological polar surface area (TPSA) is 57.5 Å². The number of aliphatic carboxylic acids is 1. The molecule has 0 amide bonds. The average Bonchev–Trinajstić information content (AvgIpc) is 2.51. The van der Waals surface area contributed by atoms with Crippen LogP contribution in [0.2, 0.25) is 0 Å². The van der Waals surface area contributed by atoms with Gasteiger partial charge in [0.25, 0.3) is 0 Å². The molecule has 0 radical (unpaired) electrons. The molecule has 0 unspecified atom stereocenters. The summed E-state index contributed by atoms with van der Waals surface area (Å²) in [7, 11) is 0. The molecule has 0 aliphatic rings. The number of rotatable bonds is 2. The standard InChI is InChI=1S/C9H8O3S/c10-6-8-7(4-5-13-8)2-1-3-9(11)12/h4-5,10H,3,6H2,(H,11,12). The molecule has 3 nitrogen and oxygen atoms in total. The van der Waals surface area contributed by atoms with Crippen molar-refractivity contribution in [1.29, 1.82) is 0 Å². The Morgan fingerprint density at radius 2 is 2.38 bits per heavy atom. The molecular weight excluding hydrogens is 188 g/mol. The zero-order valence-electron chi connectivity index (χ0n) is 6.78. The third kappa shape index (κ3) is 2.90. The number of carbonyl (C=O) groups is 1. The molecule has 0 spiro atoms. The number of aliphatic hydroxyl groups excluding tert-OH is 1. The van der Waals surface area contributed by atoms with Crippen LogP contribution in [0, 0.1) is 11.8 Å². The quantitative estimate of drug-likeness (QED) is 0.695. The van der Waals surface area contributed by atoms with Crippen LogP contribution in [0.15, 0.2) is 11.4 Å². The minimum absolute atomic E-state index is 0.0469. The van der Waals surface area contributed by atoms with Crippen molar-refractivity contribution in [2.45, 2.75) is 13.0 Å². The molecule has 0 saturated heterocycles. The summed E-state index contributed by atoms with van der Waals surface area (Å²) in [5, 5.41) is 19.0. The fourth-order valence-corrected chi connectivity index (χ4v) is 1.48. The monoisotopic (exact) mass is 196 g/mol. The van der Waals surface area contributed by atoms with Gasteiger partial charge in [0, 0.05) is 10.4 Å². The summed E-state index contributed by atoms with van der Waals surface area (Å²) in [6.07, 6.45) is -0.166. The van der Waals surface area contributed by atoms with Gasteiger partial charge in [-0.3, -0.25) is 4.79 Å². The highest BCUT2D eigenvalue weighted by Crippen LogP contribution is 2.14. The van der Waals surface area contributed by atoms with Gasteiger partial charge in [0.1, 0.15) is 6.42 Å². The van der Waals surface area contributed by atoms with E-state index in [-0.39, 0.29) is 13.0 Å². The first-order valence-corrected chi connectivity index (χ1v) is 4.50. The third-order valence-corrected chi connectivity index (χ3v) is 2.26. The van der Waals surface area contributed by atoms with Crippen molar-refractivity contribution in [1.82, 2.24) is 0 Å². The van der Waals surface area contributed by atoms with E-state index in [0.29, 0.717) is 5.56 Å². The second-order valence-electron chi connectivity index (χ2n) is 2.29. The van der Waals surface area contributed by atoms with Crippen LogP contribution in [0.5, 0.6) is 0 Å². The number of aliphatic hydroxyl groups is 1. The first-order valence-electron chi connectivity index (χ1n) is 3.62. The van der Waals surface area contributed by atoms with Crippen LogP contribution in [0.3, 0.4) is 0 Å². The zero-order chi connectivity index (χ0) is 9.68. The largest absolute Gasteiger partial charge is 0.481 e. The molecule has 1 aromatic heterocycles. The number of carboxylic acids is 1. The molecule has 13 heavy (non-hydrogen) atoms. The van der Waals surface area contributed by atoms with E-state index in [1.807, 2.05) is 5.38 Å². The first kappa shape index (κ1) is 9.78. The highest BCUT2D eigenvalue weighted by Gasteiger charge is 1.98. The van der Waals surface area contributed by atoms with Crippen molar-refractivity contribution < 1.29 is 15.0 Å². The maximum absolute atomic E-state index is 10.1. The average molecular weight is 196 g/mol. The van der Waals surface area contributed by atoms with Crippen molar-refractivity contribution in [3.8, 4) is 11.8 Å². The minimum Gasteiger partial charge on any atom is -0.481 e. The summed E-state index contributed by atoms with van der Waals surface area (Å²) >= 11 is 1.41. The van der Waals surface area contributed by atoms with Crippen molar-refractivity contribution >= 4 is 17.3 Å². The van der Waals surface area contributed by atoms with Crippen LogP contribution in [0.4, 0.5) is 0 Å². The van der Waals surface area contributed by atoms with E-state index in [1.54, 1.807) is 6.07 Å². The Balaban J connectivity index is 2.71. The Hall–Kier alpha value is -1.31. The van der Waals surface area contributed by atoms with E-state index in [9.17, 15) is 4.79 Å². The van der Waals surface area contributed by atoms with E-state index in [0.717, 1.165) is 4.88 Å². The first-order chi connectivity index (χ1) is 6.24. The maximum atomic E-state index is 10.1. The Morgan fingerprint density at radius 1 is 1.62 bits per heavy atom. The molecule has 0 fully saturated rings. The molecule has 1 rings (SSSR count). The van der Waals surface area contributed by atoms with Gasteiger partial charge in [-0.05, 0) is 11.4 Å². The number of carboxylic acid groups (broad SMARTS) is 1. The second-order valence-corrected chi connectivity index (χ2v) is 3.29. The Bertz CT molecular complexity index is 356. The number of hydrogen-bond acceptors (Lipinski definition) is 3. The molecule has 68 valence electrons. The lowest BCUT2D eigenvalue weighted by Gasteiger charge is -1.88. The predicted octanol–water partition coefficient (Wildman–Crippen LogP) is 1.07. The normalized spacial score (nSPS) is 9.00. The molecule has 1 aromatic rings. The van der Waals surface area contributed by atoms with Crippen LogP contribution >= 0.6 is 11.3 Å². The van der Waals surface area contributed by atoms with Gasteiger partial charge in [-0.15, -0.1) is 11.3 Å². The van der Waals surface area contributed by atoms with Gasteiger partial charge in [-0.2, -0.15) is 0 Å². The fraction of sp³-hybridized carbons (Fsp3) is 0.222. The van der Waals surface area contributed by atoms with Crippen LogP contribution in [0.25, 0.3) is 0 Å². The lowest BCUT2D eigenvalue weighted by atomic mass is 10.2. The van der Waals surface area contributed by atoms with Crippen molar-refractivity contribution in [2.24, 2.45) is 0 Å². The van der Waals surface area contributed by atoms with Crippen LogP contribution in [-0.2, 0) is 11.4 Å². The van der Waals surface area contributed by atoms with Crippen LogP contribution < -0.4 is 0 Å². The summed E-state index contributed by atoms with van der Waals surface area (Å²) in [5.74, 6) is 4.27. The molecule has 0 bridgehead atoms. The van der Waals surface area contributed by atoms with E-state index >= 15 is 0 Å². The van der Waals surface area contributed by atoms with Crippen molar-refractivity contribution in [3.63, 3.8) is 0 Å². The van der Waals surface area contributed by atoms with Gasteiger partial charge in [0.05, 0.1) is 6.61 Å². The Morgan fingerprint density at radius 3 is 3.00 bits per heavy atom. The van der Waals surface area contributed by atoms with Gasteiger partial charge in [-0.25, -0.2) is 0 Å². The molecule has 0 aliphatic carbocycles. The summed E-state index contributed by atoms with van der Waals surface area (Å²) < 4.78 is 0.